The number of barbiturate groups is 1. The summed E-state index contributed by atoms with van der Waals surface area (Å²) < 4.78 is 0. The van der Waals surface area contributed by atoms with Gasteiger partial charge < -0.3 is 0 Å². The quantitative estimate of drug-likeness (QED) is 0.619. The average molecular weight is 184 g/mol. The Balaban J connectivity index is 2.79. The van der Waals surface area contributed by atoms with Crippen LogP contribution in [0.1, 0.15) is 19.8 Å². The van der Waals surface area contributed by atoms with Gasteiger partial charge in [-0.1, -0.05) is 13.3 Å². The maximum atomic E-state index is 11.4. The maximum absolute atomic E-state index is 11.4. The highest BCUT2D eigenvalue weighted by Crippen LogP contribution is 2.13. The molecule has 0 spiro atoms. The minimum absolute atomic E-state index is 0.407. The van der Waals surface area contributed by atoms with Crippen LogP contribution in [0.3, 0.4) is 0 Å². The molecular formula is C8H12N2O3. The molecule has 0 aliphatic carbocycles. The standard InChI is InChI=1S/C8H12N2O3/c1-3-4-5-6(11)9-8(13)10(2)7(5)12/h5H,3-4H2,1-2H3,(H,9,11,13)/t5-/m1/s1. The molecule has 1 atom stereocenters. The van der Waals surface area contributed by atoms with Gasteiger partial charge >= 0.3 is 6.03 Å². The molecule has 0 radical (unpaired) electrons. The third-order valence-corrected chi connectivity index (χ3v) is 2.06. The van der Waals surface area contributed by atoms with E-state index in [0.717, 1.165) is 11.3 Å². The van der Waals surface area contributed by atoms with Crippen molar-refractivity contribution in [1.82, 2.24) is 10.2 Å². The van der Waals surface area contributed by atoms with Crippen LogP contribution in [-0.4, -0.2) is 29.8 Å². The first-order valence-corrected chi connectivity index (χ1v) is 4.20. The lowest BCUT2D eigenvalue weighted by molar-refractivity contribution is -0.142. The number of rotatable bonds is 2. The van der Waals surface area contributed by atoms with Crippen LogP contribution in [0.5, 0.6) is 0 Å². The van der Waals surface area contributed by atoms with Crippen LogP contribution in [0.15, 0.2) is 0 Å². The highest BCUT2D eigenvalue weighted by molar-refractivity contribution is 6.15. The van der Waals surface area contributed by atoms with Gasteiger partial charge in [-0.15, -0.1) is 0 Å². The van der Waals surface area contributed by atoms with E-state index in [2.05, 4.69) is 5.32 Å². The van der Waals surface area contributed by atoms with Crippen molar-refractivity contribution in [3.8, 4) is 0 Å². The van der Waals surface area contributed by atoms with Crippen LogP contribution >= 0.6 is 0 Å². The summed E-state index contributed by atoms with van der Waals surface area (Å²) in [6, 6.07) is -0.637. The average Bonchev–Trinajstić information content (AvgIpc) is 2.09. The normalized spacial score (nSPS) is 23.4. The fraction of sp³-hybridized carbons (Fsp3) is 0.625. The van der Waals surface area contributed by atoms with Gasteiger partial charge in [0.15, 0.2) is 0 Å². The molecule has 0 unspecified atom stereocenters. The van der Waals surface area contributed by atoms with Crippen LogP contribution in [0.25, 0.3) is 0 Å². The lowest BCUT2D eigenvalue weighted by Gasteiger charge is -2.26. The highest BCUT2D eigenvalue weighted by atomic mass is 16.2. The van der Waals surface area contributed by atoms with Gasteiger partial charge in [0.05, 0.1) is 0 Å². The van der Waals surface area contributed by atoms with E-state index in [9.17, 15) is 14.4 Å². The van der Waals surface area contributed by atoms with Gasteiger partial charge in [-0.2, -0.15) is 0 Å². The summed E-state index contributed by atoms with van der Waals surface area (Å²) in [5, 5.41) is 2.12. The molecular weight excluding hydrogens is 172 g/mol. The molecule has 1 saturated heterocycles. The Morgan fingerprint density at radius 2 is 2.00 bits per heavy atom. The van der Waals surface area contributed by atoms with E-state index in [4.69, 9.17) is 0 Å². The molecule has 1 fully saturated rings. The number of carbonyl (C=O) groups excluding carboxylic acids is 3. The first-order valence-electron chi connectivity index (χ1n) is 4.20. The van der Waals surface area contributed by atoms with E-state index in [1.165, 1.54) is 7.05 Å². The molecule has 4 amide bonds. The zero-order valence-corrected chi connectivity index (χ0v) is 7.66. The molecule has 0 aromatic carbocycles. The molecule has 0 saturated carbocycles. The Labute approximate surface area is 76.1 Å². The summed E-state index contributed by atoms with van der Waals surface area (Å²) in [4.78, 5) is 34.4. The first-order chi connectivity index (χ1) is 6.07. The van der Waals surface area contributed by atoms with Crippen LogP contribution in [0.2, 0.25) is 0 Å². The molecule has 1 aliphatic heterocycles. The Morgan fingerprint density at radius 1 is 1.38 bits per heavy atom. The molecule has 1 heterocycles. The van der Waals surface area contributed by atoms with Crippen molar-refractivity contribution in [2.75, 3.05) is 7.05 Å². The first kappa shape index (κ1) is 9.70. The number of nitrogens with one attached hydrogen (secondary N) is 1. The van der Waals surface area contributed by atoms with Crippen LogP contribution in [0, 0.1) is 5.92 Å². The summed E-state index contributed by atoms with van der Waals surface area (Å²) >= 11 is 0. The van der Waals surface area contributed by atoms with Gasteiger partial charge in [-0.05, 0) is 6.42 Å². The predicted octanol–water partition coefficient (Wildman–Crippen LogP) is 0.111. The topological polar surface area (TPSA) is 66.5 Å². The predicted molar refractivity (Wildman–Crippen MR) is 44.7 cm³/mol. The summed E-state index contributed by atoms with van der Waals surface area (Å²) in [7, 11) is 1.37. The van der Waals surface area contributed by atoms with E-state index in [0.29, 0.717) is 6.42 Å². The molecule has 0 bridgehead atoms. The van der Waals surface area contributed by atoms with Crippen molar-refractivity contribution in [1.29, 1.82) is 0 Å². The largest absolute Gasteiger partial charge is 0.330 e. The molecule has 1 aliphatic rings. The van der Waals surface area contributed by atoms with Crippen molar-refractivity contribution in [2.45, 2.75) is 19.8 Å². The molecule has 5 nitrogen and oxygen atoms in total. The third kappa shape index (κ3) is 1.68. The number of urea groups is 1. The zero-order valence-electron chi connectivity index (χ0n) is 7.66. The van der Waals surface area contributed by atoms with Crippen molar-refractivity contribution in [3.05, 3.63) is 0 Å². The maximum Gasteiger partial charge on any atom is 0.330 e. The van der Waals surface area contributed by atoms with Crippen LogP contribution in [0.4, 0.5) is 4.79 Å². The minimum Gasteiger partial charge on any atom is -0.277 e. The smallest absolute Gasteiger partial charge is 0.277 e. The molecule has 1 rings (SSSR count). The second-order valence-corrected chi connectivity index (χ2v) is 3.03. The monoisotopic (exact) mass is 184 g/mol. The molecule has 1 N–H and O–H groups in total. The van der Waals surface area contributed by atoms with Crippen molar-refractivity contribution in [3.63, 3.8) is 0 Å². The van der Waals surface area contributed by atoms with Crippen LogP contribution in [-0.2, 0) is 9.59 Å². The van der Waals surface area contributed by atoms with Gasteiger partial charge in [-0.25, -0.2) is 4.79 Å². The molecule has 0 aromatic heterocycles. The van der Waals surface area contributed by atoms with E-state index < -0.39 is 23.8 Å². The van der Waals surface area contributed by atoms with Crippen molar-refractivity contribution < 1.29 is 14.4 Å². The number of carbonyl (C=O) groups is 3. The van der Waals surface area contributed by atoms with Gasteiger partial charge in [0.2, 0.25) is 11.8 Å². The molecule has 5 heteroatoms. The summed E-state index contributed by atoms with van der Waals surface area (Å²) in [6.07, 6.45) is 1.23. The second kappa shape index (κ2) is 3.55. The Hall–Kier alpha value is -1.39. The van der Waals surface area contributed by atoms with Gasteiger partial charge in [0.1, 0.15) is 5.92 Å². The number of amides is 4. The van der Waals surface area contributed by atoms with Crippen molar-refractivity contribution in [2.24, 2.45) is 5.92 Å². The third-order valence-electron chi connectivity index (χ3n) is 2.06. The Bertz CT molecular complexity index is 262. The Morgan fingerprint density at radius 3 is 2.54 bits per heavy atom. The molecule has 0 aromatic rings. The van der Waals surface area contributed by atoms with Gasteiger partial charge in [0.25, 0.3) is 0 Å². The van der Waals surface area contributed by atoms with Crippen molar-refractivity contribution >= 4 is 17.8 Å². The zero-order chi connectivity index (χ0) is 10.0. The fourth-order valence-electron chi connectivity index (χ4n) is 1.27. The number of hydrogen-bond donors (Lipinski definition) is 1. The summed E-state index contributed by atoms with van der Waals surface area (Å²) in [5.41, 5.74) is 0. The van der Waals surface area contributed by atoms with E-state index >= 15 is 0 Å². The minimum atomic E-state index is -0.687. The number of hydrogen-bond acceptors (Lipinski definition) is 3. The van der Waals surface area contributed by atoms with E-state index in [-0.39, 0.29) is 0 Å². The van der Waals surface area contributed by atoms with E-state index in [1.807, 2.05) is 6.92 Å². The highest BCUT2D eigenvalue weighted by Gasteiger charge is 2.37. The lowest BCUT2D eigenvalue weighted by atomic mass is 10.00. The number of nitrogens with zero attached hydrogens (tertiary/aromatic N) is 1. The van der Waals surface area contributed by atoms with Gasteiger partial charge in [0, 0.05) is 7.05 Å². The van der Waals surface area contributed by atoms with E-state index in [1.54, 1.807) is 0 Å². The summed E-state index contributed by atoms with van der Waals surface area (Å²) in [6.45, 7) is 1.89. The fourth-order valence-corrected chi connectivity index (χ4v) is 1.27. The van der Waals surface area contributed by atoms with Gasteiger partial charge in [-0.3, -0.25) is 19.8 Å². The Kier molecular flexibility index (Phi) is 2.65. The molecule has 13 heavy (non-hydrogen) atoms. The number of imide groups is 2. The lowest BCUT2D eigenvalue weighted by Crippen LogP contribution is -2.56. The molecule has 72 valence electrons. The van der Waals surface area contributed by atoms with Crippen LogP contribution < -0.4 is 5.32 Å². The summed E-state index contributed by atoms with van der Waals surface area (Å²) in [5.74, 6) is -1.57. The second-order valence-electron chi connectivity index (χ2n) is 3.03. The SMILES string of the molecule is CCC[C@@H]1C(=O)NC(=O)N(C)C1=O.